The Hall–Kier alpha value is -2.03. The summed E-state index contributed by atoms with van der Waals surface area (Å²) in [5.41, 5.74) is 3.24. The van der Waals surface area contributed by atoms with Gasteiger partial charge in [-0.15, -0.1) is 0 Å². The zero-order valence-electron chi connectivity index (χ0n) is 11.4. The highest BCUT2D eigenvalue weighted by molar-refractivity contribution is 5.69. The van der Waals surface area contributed by atoms with Gasteiger partial charge in [-0.25, -0.2) is 4.79 Å². The van der Waals surface area contributed by atoms with Gasteiger partial charge in [0.2, 0.25) is 0 Å². The molecule has 1 heterocycles. The molecule has 1 amide bonds. The molecule has 1 aromatic carbocycles. The highest BCUT2D eigenvalue weighted by Crippen LogP contribution is 2.32. The second-order valence-electron chi connectivity index (χ2n) is 4.77. The molecule has 0 aromatic heterocycles. The molecule has 0 bridgehead atoms. The summed E-state index contributed by atoms with van der Waals surface area (Å²) >= 11 is 0. The number of carbonyl (C=O) groups is 1. The fraction of sp³-hybridized carbons (Fsp3) is 0.312. The first kappa shape index (κ1) is 13.4. The van der Waals surface area contributed by atoms with Crippen molar-refractivity contribution in [1.29, 1.82) is 0 Å². The smallest absolute Gasteiger partial charge is 0.410 e. The Labute approximate surface area is 114 Å². The van der Waals surface area contributed by atoms with Crippen LogP contribution in [0.5, 0.6) is 0 Å². The van der Waals surface area contributed by atoms with Gasteiger partial charge in [0.15, 0.2) is 0 Å². The van der Waals surface area contributed by atoms with E-state index in [0.717, 1.165) is 23.1 Å². The number of hydrogen-bond acceptors (Lipinski definition) is 2. The molecule has 100 valence electrons. The van der Waals surface area contributed by atoms with Gasteiger partial charge in [0.05, 0.1) is 13.2 Å². The van der Waals surface area contributed by atoms with E-state index in [1.807, 2.05) is 37.3 Å². The maximum absolute atomic E-state index is 12.0. The molecule has 1 aliphatic heterocycles. The van der Waals surface area contributed by atoms with Crippen LogP contribution in [-0.2, 0) is 4.74 Å². The third-order valence-corrected chi connectivity index (χ3v) is 3.45. The van der Waals surface area contributed by atoms with Crippen molar-refractivity contribution in [3.05, 3.63) is 59.7 Å². The maximum Gasteiger partial charge on any atom is 0.410 e. The fourth-order valence-electron chi connectivity index (χ4n) is 2.35. The Morgan fingerprint density at radius 3 is 2.63 bits per heavy atom. The topological polar surface area (TPSA) is 29.5 Å². The molecule has 0 fully saturated rings. The standard InChI is InChI=1S/C16H19NO2/c1-12(2)14-9-10-15(13-7-5-4-6-8-13)17(11-14)16(18)19-3/h4-9,15H,1,10-11H2,2-3H3. The quantitative estimate of drug-likeness (QED) is 0.808. The van der Waals surface area contributed by atoms with Crippen LogP contribution in [0.15, 0.2) is 54.1 Å². The number of ether oxygens (including phenoxy) is 1. The zero-order valence-corrected chi connectivity index (χ0v) is 11.4. The summed E-state index contributed by atoms with van der Waals surface area (Å²) in [5.74, 6) is 0. The van der Waals surface area contributed by atoms with Crippen LogP contribution in [0.2, 0.25) is 0 Å². The highest BCUT2D eigenvalue weighted by Gasteiger charge is 2.29. The van der Waals surface area contributed by atoms with Gasteiger partial charge in [0.1, 0.15) is 0 Å². The van der Waals surface area contributed by atoms with E-state index in [-0.39, 0.29) is 12.1 Å². The Balaban J connectivity index is 2.31. The van der Waals surface area contributed by atoms with Crippen LogP contribution in [0.3, 0.4) is 0 Å². The summed E-state index contributed by atoms with van der Waals surface area (Å²) in [6.07, 6.45) is 2.67. The molecule has 1 aliphatic rings. The largest absolute Gasteiger partial charge is 0.453 e. The molecule has 3 heteroatoms. The summed E-state index contributed by atoms with van der Waals surface area (Å²) in [5, 5.41) is 0. The van der Waals surface area contributed by atoms with E-state index in [1.165, 1.54) is 7.11 Å². The van der Waals surface area contributed by atoms with E-state index < -0.39 is 0 Å². The monoisotopic (exact) mass is 257 g/mol. The summed E-state index contributed by atoms with van der Waals surface area (Å²) in [6.45, 7) is 6.47. The first-order valence-electron chi connectivity index (χ1n) is 6.38. The maximum atomic E-state index is 12.0. The second kappa shape index (κ2) is 5.74. The van der Waals surface area contributed by atoms with Gasteiger partial charge in [0.25, 0.3) is 0 Å². The Morgan fingerprint density at radius 2 is 2.05 bits per heavy atom. The molecule has 0 spiro atoms. The molecule has 19 heavy (non-hydrogen) atoms. The minimum atomic E-state index is -0.291. The molecular weight excluding hydrogens is 238 g/mol. The van der Waals surface area contributed by atoms with E-state index in [1.54, 1.807) is 4.90 Å². The zero-order chi connectivity index (χ0) is 13.8. The number of methoxy groups -OCH3 is 1. The summed E-state index contributed by atoms with van der Waals surface area (Å²) < 4.78 is 4.90. The molecule has 0 N–H and O–H groups in total. The molecule has 3 nitrogen and oxygen atoms in total. The van der Waals surface area contributed by atoms with Gasteiger partial charge in [-0.2, -0.15) is 0 Å². The minimum absolute atomic E-state index is 0.0387. The van der Waals surface area contributed by atoms with E-state index in [9.17, 15) is 4.79 Å². The number of carbonyl (C=O) groups excluding carboxylic acids is 1. The highest BCUT2D eigenvalue weighted by atomic mass is 16.5. The molecule has 1 aromatic rings. The number of amides is 1. The number of benzene rings is 1. The Bertz CT molecular complexity index is 505. The molecule has 2 rings (SSSR count). The first-order chi connectivity index (χ1) is 9.13. The van der Waals surface area contributed by atoms with Crippen molar-refractivity contribution in [3.63, 3.8) is 0 Å². The van der Waals surface area contributed by atoms with Crippen molar-refractivity contribution in [2.45, 2.75) is 19.4 Å². The molecular formula is C16H19NO2. The van der Waals surface area contributed by atoms with Gasteiger partial charge in [0, 0.05) is 6.54 Å². The minimum Gasteiger partial charge on any atom is -0.453 e. The average molecular weight is 257 g/mol. The van der Waals surface area contributed by atoms with Gasteiger partial charge >= 0.3 is 6.09 Å². The van der Waals surface area contributed by atoms with Gasteiger partial charge < -0.3 is 4.74 Å². The van der Waals surface area contributed by atoms with Crippen molar-refractivity contribution in [1.82, 2.24) is 4.90 Å². The van der Waals surface area contributed by atoms with Crippen LogP contribution in [0, 0.1) is 0 Å². The lowest BCUT2D eigenvalue weighted by Gasteiger charge is -2.35. The lowest BCUT2D eigenvalue weighted by molar-refractivity contribution is 0.107. The summed E-state index contributed by atoms with van der Waals surface area (Å²) in [4.78, 5) is 13.7. The van der Waals surface area contributed by atoms with Crippen LogP contribution < -0.4 is 0 Å². The fourth-order valence-corrected chi connectivity index (χ4v) is 2.35. The van der Waals surface area contributed by atoms with Crippen LogP contribution in [0.4, 0.5) is 4.79 Å². The van der Waals surface area contributed by atoms with Gasteiger partial charge in [-0.1, -0.05) is 48.6 Å². The van der Waals surface area contributed by atoms with E-state index in [4.69, 9.17) is 4.74 Å². The van der Waals surface area contributed by atoms with Crippen LogP contribution in [0.25, 0.3) is 0 Å². The molecule has 0 saturated heterocycles. The third-order valence-electron chi connectivity index (χ3n) is 3.45. The lowest BCUT2D eigenvalue weighted by Crippen LogP contribution is -2.38. The molecule has 0 aliphatic carbocycles. The number of hydrogen-bond donors (Lipinski definition) is 0. The number of nitrogens with zero attached hydrogens (tertiary/aromatic N) is 1. The Kier molecular flexibility index (Phi) is 4.05. The molecule has 1 unspecified atom stereocenters. The molecule has 1 atom stereocenters. The Morgan fingerprint density at radius 1 is 1.37 bits per heavy atom. The van der Waals surface area contributed by atoms with Crippen molar-refractivity contribution in [2.75, 3.05) is 13.7 Å². The van der Waals surface area contributed by atoms with Crippen LogP contribution in [0.1, 0.15) is 24.9 Å². The average Bonchev–Trinajstić information content (AvgIpc) is 2.46. The summed E-state index contributed by atoms with van der Waals surface area (Å²) in [6, 6.07) is 10.1. The van der Waals surface area contributed by atoms with Crippen molar-refractivity contribution in [2.24, 2.45) is 0 Å². The summed E-state index contributed by atoms with van der Waals surface area (Å²) in [7, 11) is 1.42. The van der Waals surface area contributed by atoms with Crippen molar-refractivity contribution in [3.8, 4) is 0 Å². The van der Waals surface area contributed by atoms with Crippen LogP contribution >= 0.6 is 0 Å². The predicted molar refractivity (Wildman–Crippen MR) is 75.8 cm³/mol. The SMILES string of the molecule is C=C(C)C1=CCC(c2ccccc2)N(C(=O)OC)C1. The van der Waals surface area contributed by atoms with Gasteiger partial charge in [-0.3, -0.25) is 4.90 Å². The van der Waals surface area contributed by atoms with E-state index >= 15 is 0 Å². The lowest BCUT2D eigenvalue weighted by atomic mass is 9.94. The third kappa shape index (κ3) is 2.87. The second-order valence-corrected chi connectivity index (χ2v) is 4.77. The molecule has 0 radical (unpaired) electrons. The van der Waals surface area contributed by atoms with E-state index in [0.29, 0.717) is 6.54 Å². The normalized spacial score (nSPS) is 18.7. The first-order valence-corrected chi connectivity index (χ1v) is 6.38. The van der Waals surface area contributed by atoms with Crippen molar-refractivity contribution >= 4 is 6.09 Å². The number of rotatable bonds is 2. The molecule has 0 saturated carbocycles. The van der Waals surface area contributed by atoms with Crippen LogP contribution in [-0.4, -0.2) is 24.6 Å². The van der Waals surface area contributed by atoms with Gasteiger partial charge in [-0.05, 0) is 24.5 Å². The predicted octanol–water partition coefficient (Wildman–Crippen LogP) is 3.70. The van der Waals surface area contributed by atoms with E-state index in [2.05, 4.69) is 12.7 Å². The van der Waals surface area contributed by atoms with Crippen molar-refractivity contribution < 1.29 is 9.53 Å².